The molecule has 2 aromatic rings. The third-order valence-corrected chi connectivity index (χ3v) is 8.65. The molecule has 4 heterocycles. The molecular weight excluding hydrogens is 432 g/mol. The van der Waals surface area contributed by atoms with Gasteiger partial charge in [-0.15, -0.1) is 0 Å². The van der Waals surface area contributed by atoms with Crippen LogP contribution >= 0.6 is 0 Å². The molecule has 10 heteroatoms. The summed E-state index contributed by atoms with van der Waals surface area (Å²) < 4.78 is 46.5. The molecule has 3 saturated heterocycles. The monoisotopic (exact) mass is 464 g/mol. The molecule has 176 valence electrons. The van der Waals surface area contributed by atoms with Gasteiger partial charge in [0.1, 0.15) is 5.82 Å². The van der Waals surface area contributed by atoms with E-state index in [4.69, 9.17) is 19.2 Å². The maximum atomic E-state index is 13.1. The summed E-state index contributed by atoms with van der Waals surface area (Å²) in [6.45, 7) is 8.68. The van der Waals surface area contributed by atoms with Crippen LogP contribution in [0.2, 0.25) is 0 Å². The zero-order valence-corrected chi connectivity index (χ0v) is 19.4. The highest BCUT2D eigenvalue weighted by Crippen LogP contribution is 2.28. The van der Waals surface area contributed by atoms with E-state index < -0.39 is 10.0 Å². The summed E-state index contributed by atoms with van der Waals surface area (Å²) in [5.74, 6) is 1.45. The summed E-state index contributed by atoms with van der Waals surface area (Å²) in [6.07, 6.45) is 2.07. The Hall–Kier alpha value is -1.56. The van der Waals surface area contributed by atoms with Crippen molar-refractivity contribution in [1.29, 1.82) is 0 Å². The van der Waals surface area contributed by atoms with Crippen LogP contribution in [0.1, 0.15) is 25.6 Å². The van der Waals surface area contributed by atoms with Gasteiger partial charge < -0.3 is 18.8 Å². The fraction of sp³-hybridized carbons (Fsp3) is 0.682. The molecule has 0 saturated carbocycles. The van der Waals surface area contributed by atoms with Crippen LogP contribution in [0.25, 0.3) is 11.0 Å². The second-order valence-electron chi connectivity index (χ2n) is 8.66. The first-order valence-electron chi connectivity index (χ1n) is 11.6. The lowest BCUT2D eigenvalue weighted by atomic mass is 9.96. The van der Waals surface area contributed by atoms with Crippen molar-refractivity contribution in [3.8, 4) is 0 Å². The van der Waals surface area contributed by atoms with Crippen molar-refractivity contribution in [2.24, 2.45) is 5.92 Å². The first-order chi connectivity index (χ1) is 15.6. The Morgan fingerprint density at radius 1 is 1.03 bits per heavy atom. The molecule has 0 aliphatic carbocycles. The lowest BCUT2D eigenvalue weighted by Crippen LogP contribution is -2.40. The third-order valence-electron chi connectivity index (χ3n) is 6.75. The van der Waals surface area contributed by atoms with Crippen LogP contribution in [-0.2, 0) is 37.3 Å². The molecule has 0 bridgehead atoms. The predicted molar refractivity (Wildman–Crippen MR) is 119 cm³/mol. The lowest BCUT2D eigenvalue weighted by molar-refractivity contribution is -0.0979. The summed E-state index contributed by atoms with van der Waals surface area (Å²) in [5.41, 5.74) is 1.71. The number of imidazole rings is 1. The van der Waals surface area contributed by atoms with Gasteiger partial charge in [0, 0.05) is 25.6 Å². The first kappa shape index (κ1) is 22.2. The summed E-state index contributed by atoms with van der Waals surface area (Å²) >= 11 is 0. The van der Waals surface area contributed by atoms with Gasteiger partial charge in [0.2, 0.25) is 10.0 Å². The standard InChI is InChI=1S/C22H32N4O5S/c1-2-26-20-4-3-18(32(27,28)25-9-11-29-12-10-25)15-19(20)23-21(26)16-24-7-5-17(6-8-24)22-30-13-14-31-22/h3-4,15,17,22H,2,5-14,16H2,1H3. The minimum atomic E-state index is -3.54. The van der Waals surface area contributed by atoms with Crippen molar-refractivity contribution in [1.82, 2.24) is 18.8 Å². The Morgan fingerprint density at radius 2 is 1.75 bits per heavy atom. The van der Waals surface area contributed by atoms with E-state index in [-0.39, 0.29) is 6.29 Å². The molecule has 0 atom stereocenters. The minimum Gasteiger partial charge on any atom is -0.379 e. The number of nitrogens with zero attached hydrogens (tertiary/aromatic N) is 4. The van der Waals surface area contributed by atoms with Crippen LogP contribution in [0.3, 0.4) is 0 Å². The number of piperidine rings is 1. The van der Waals surface area contributed by atoms with E-state index in [0.717, 1.165) is 55.9 Å². The molecule has 0 N–H and O–H groups in total. The highest BCUT2D eigenvalue weighted by atomic mass is 32.2. The molecule has 1 aromatic heterocycles. The Balaban J connectivity index is 1.32. The van der Waals surface area contributed by atoms with Crippen LogP contribution in [0, 0.1) is 5.92 Å². The fourth-order valence-corrected chi connectivity index (χ4v) is 6.39. The van der Waals surface area contributed by atoms with Crippen molar-refractivity contribution in [3.63, 3.8) is 0 Å². The molecule has 3 fully saturated rings. The van der Waals surface area contributed by atoms with Gasteiger partial charge in [-0.25, -0.2) is 13.4 Å². The van der Waals surface area contributed by atoms with Gasteiger partial charge in [-0.2, -0.15) is 4.31 Å². The van der Waals surface area contributed by atoms with Crippen molar-refractivity contribution in [3.05, 3.63) is 24.0 Å². The van der Waals surface area contributed by atoms with Gasteiger partial charge in [0.25, 0.3) is 0 Å². The number of aromatic nitrogens is 2. The third kappa shape index (κ3) is 4.32. The Bertz CT molecular complexity index is 1040. The number of hydrogen-bond donors (Lipinski definition) is 0. The van der Waals surface area contributed by atoms with Crippen LogP contribution in [0.4, 0.5) is 0 Å². The molecule has 3 aliphatic rings. The highest BCUT2D eigenvalue weighted by molar-refractivity contribution is 7.89. The fourth-order valence-electron chi connectivity index (χ4n) is 4.96. The van der Waals surface area contributed by atoms with E-state index in [9.17, 15) is 8.42 Å². The van der Waals surface area contributed by atoms with Gasteiger partial charge >= 0.3 is 0 Å². The SMILES string of the molecule is CCn1c(CN2CCC(C3OCCO3)CC2)nc2cc(S(=O)(=O)N3CCOCC3)ccc21. The number of ether oxygens (including phenoxy) is 3. The van der Waals surface area contributed by atoms with E-state index in [2.05, 4.69) is 16.4 Å². The zero-order chi connectivity index (χ0) is 22.1. The summed E-state index contributed by atoms with van der Waals surface area (Å²) in [5, 5.41) is 0. The molecule has 3 aliphatic heterocycles. The Morgan fingerprint density at radius 3 is 2.44 bits per heavy atom. The van der Waals surface area contributed by atoms with E-state index in [1.165, 1.54) is 4.31 Å². The number of sulfonamides is 1. The lowest BCUT2D eigenvalue weighted by Gasteiger charge is -2.33. The molecule has 32 heavy (non-hydrogen) atoms. The molecule has 5 rings (SSSR count). The van der Waals surface area contributed by atoms with E-state index in [1.54, 1.807) is 12.1 Å². The maximum absolute atomic E-state index is 13.1. The normalized spacial score (nSPS) is 22.8. The first-order valence-corrected chi connectivity index (χ1v) is 13.0. The molecule has 0 amide bonds. The second kappa shape index (κ2) is 9.36. The highest BCUT2D eigenvalue weighted by Gasteiger charge is 2.31. The molecule has 1 aromatic carbocycles. The molecule has 9 nitrogen and oxygen atoms in total. The van der Waals surface area contributed by atoms with E-state index in [1.807, 2.05) is 6.07 Å². The summed E-state index contributed by atoms with van der Waals surface area (Å²) in [7, 11) is -3.54. The Kier molecular flexibility index (Phi) is 6.51. The van der Waals surface area contributed by atoms with Crippen molar-refractivity contribution in [2.45, 2.75) is 44.0 Å². The molecular formula is C22H32N4O5S. The van der Waals surface area contributed by atoms with Crippen molar-refractivity contribution in [2.75, 3.05) is 52.6 Å². The van der Waals surface area contributed by atoms with Crippen LogP contribution in [-0.4, -0.2) is 86.1 Å². The molecule has 0 unspecified atom stereocenters. The van der Waals surface area contributed by atoms with Crippen molar-refractivity contribution < 1.29 is 22.6 Å². The van der Waals surface area contributed by atoms with Gasteiger partial charge in [-0.3, -0.25) is 4.90 Å². The number of rotatable bonds is 6. The number of hydrogen-bond acceptors (Lipinski definition) is 7. The number of fused-ring (bicyclic) bond motifs is 1. The minimum absolute atomic E-state index is 0.0378. The average molecular weight is 465 g/mol. The smallest absolute Gasteiger partial charge is 0.243 e. The number of morpholine rings is 1. The summed E-state index contributed by atoms with van der Waals surface area (Å²) in [6, 6.07) is 5.32. The molecule has 0 spiro atoms. The van der Waals surface area contributed by atoms with Gasteiger partial charge in [0.15, 0.2) is 6.29 Å². The summed E-state index contributed by atoms with van der Waals surface area (Å²) in [4.78, 5) is 7.58. The van der Waals surface area contributed by atoms with Crippen molar-refractivity contribution >= 4 is 21.1 Å². The van der Waals surface area contributed by atoms with Gasteiger partial charge in [-0.1, -0.05) is 0 Å². The van der Waals surface area contributed by atoms with Gasteiger partial charge in [-0.05, 0) is 51.1 Å². The Labute approximate surface area is 189 Å². The number of benzene rings is 1. The van der Waals surface area contributed by atoms with E-state index in [0.29, 0.717) is 50.3 Å². The quantitative estimate of drug-likeness (QED) is 0.643. The largest absolute Gasteiger partial charge is 0.379 e. The van der Waals surface area contributed by atoms with E-state index >= 15 is 0 Å². The average Bonchev–Trinajstić information content (AvgIpc) is 3.47. The topological polar surface area (TPSA) is 86.1 Å². The predicted octanol–water partition coefficient (Wildman–Crippen LogP) is 1.66. The van der Waals surface area contributed by atoms with Crippen LogP contribution in [0.5, 0.6) is 0 Å². The van der Waals surface area contributed by atoms with Crippen LogP contribution in [0.15, 0.2) is 23.1 Å². The second-order valence-corrected chi connectivity index (χ2v) is 10.6. The number of aryl methyl sites for hydroxylation is 1. The number of likely N-dealkylation sites (tertiary alicyclic amines) is 1. The maximum Gasteiger partial charge on any atom is 0.243 e. The van der Waals surface area contributed by atoms with Crippen LogP contribution < -0.4 is 0 Å². The zero-order valence-electron chi connectivity index (χ0n) is 18.6. The molecule has 0 radical (unpaired) electrons. The van der Waals surface area contributed by atoms with Gasteiger partial charge in [0.05, 0.1) is 48.9 Å².